The zero-order valence-corrected chi connectivity index (χ0v) is 34.1. The summed E-state index contributed by atoms with van der Waals surface area (Å²) in [4.78, 5) is 0. The summed E-state index contributed by atoms with van der Waals surface area (Å²) in [5.74, 6) is 0. The van der Waals surface area contributed by atoms with E-state index in [0.29, 0.717) is 0 Å². The van der Waals surface area contributed by atoms with Gasteiger partial charge in [0.05, 0.1) is 0 Å². The number of hydrogen-bond acceptors (Lipinski definition) is 0. The van der Waals surface area contributed by atoms with Crippen LogP contribution in [-0.4, -0.2) is 9.52 Å². The molecule has 0 saturated carbocycles. The van der Waals surface area contributed by atoms with Crippen LogP contribution in [0.3, 0.4) is 0 Å². The van der Waals surface area contributed by atoms with Crippen LogP contribution in [0.5, 0.6) is 0 Å². The molecule has 238 valence electrons. The molecule has 2 radical (unpaired) electrons. The van der Waals surface area contributed by atoms with E-state index < -0.39 is 20.8 Å². The van der Waals surface area contributed by atoms with Gasteiger partial charge in [0.1, 0.15) is 0 Å². The molecule has 0 aliphatic heterocycles. The van der Waals surface area contributed by atoms with Crippen molar-refractivity contribution in [3.63, 3.8) is 0 Å². The van der Waals surface area contributed by atoms with Crippen LogP contribution in [0, 0.1) is 13.8 Å². The Morgan fingerprint density at radius 3 is 1.13 bits per heavy atom. The molecule has 0 saturated heterocycles. The summed E-state index contributed by atoms with van der Waals surface area (Å²) in [7, 11) is 11.0. The summed E-state index contributed by atoms with van der Waals surface area (Å²) >= 11 is -0.826. The van der Waals surface area contributed by atoms with Gasteiger partial charge in [-0.05, 0) is 46.9 Å². The first-order valence-corrected chi connectivity index (χ1v) is 24.2. The molecule has 0 bridgehead atoms. The molecule has 0 atom stereocenters. The van der Waals surface area contributed by atoms with Crippen molar-refractivity contribution in [2.75, 3.05) is 0 Å². The standard InChI is InChI=1S/2C20H21.C2H6Si.2ClH.Zr/c2*1-14-8-5-6-10-17(14)18-11-7-9-15-12-16(13-19(15)18)20(2,3)4;1-3-2;;;/h2*5-13H,1-4H3;1-2H3;2*1H;/q2*-1;;;;+4/p-2. The van der Waals surface area contributed by atoms with Crippen LogP contribution in [0.15, 0.2) is 109 Å². The van der Waals surface area contributed by atoms with Crippen LogP contribution in [-0.2, 0) is 31.7 Å². The Hall–Kier alpha value is -2.22. The van der Waals surface area contributed by atoms with Crippen molar-refractivity contribution in [3.8, 4) is 22.3 Å². The van der Waals surface area contributed by atoms with Gasteiger partial charge in [-0.1, -0.05) is 126 Å². The molecule has 0 spiro atoms. The summed E-state index contributed by atoms with van der Waals surface area (Å²) in [5.41, 5.74) is 11.2. The van der Waals surface area contributed by atoms with Crippen molar-refractivity contribution < 1.29 is 20.8 Å². The fourth-order valence-corrected chi connectivity index (χ4v) is 5.56. The van der Waals surface area contributed by atoms with Crippen LogP contribution >= 0.6 is 17.0 Å². The Labute approximate surface area is 299 Å². The minimum absolute atomic E-state index is 0.196. The summed E-state index contributed by atoms with van der Waals surface area (Å²) in [6, 6.07) is 39.8. The second kappa shape index (κ2) is 17.3. The van der Waals surface area contributed by atoms with Gasteiger partial charge in [-0.3, -0.25) is 0 Å². The quantitative estimate of drug-likeness (QED) is 0.122. The maximum atomic E-state index is 4.93. The average molecular weight is 743 g/mol. The number of benzene rings is 4. The van der Waals surface area contributed by atoms with Gasteiger partial charge in [0.15, 0.2) is 0 Å². The maximum absolute atomic E-state index is 4.93. The molecule has 0 amide bonds. The second-order valence-electron chi connectivity index (χ2n) is 13.8. The van der Waals surface area contributed by atoms with Crippen LogP contribution in [0.2, 0.25) is 13.1 Å². The van der Waals surface area contributed by atoms with Crippen molar-refractivity contribution in [1.29, 1.82) is 0 Å². The third-order valence-electron chi connectivity index (χ3n) is 8.10. The van der Waals surface area contributed by atoms with Gasteiger partial charge in [0, 0.05) is 9.52 Å². The van der Waals surface area contributed by atoms with Gasteiger partial charge in [-0.2, -0.15) is 12.1 Å². The van der Waals surface area contributed by atoms with Crippen molar-refractivity contribution in [2.45, 2.75) is 79.3 Å². The number of aryl methyl sites for hydroxylation is 2. The summed E-state index contributed by atoms with van der Waals surface area (Å²) < 4.78 is 0. The van der Waals surface area contributed by atoms with Crippen LogP contribution in [0.1, 0.15) is 63.8 Å². The van der Waals surface area contributed by atoms with E-state index in [1.807, 2.05) is 0 Å². The van der Waals surface area contributed by atoms with E-state index in [-0.39, 0.29) is 10.8 Å². The van der Waals surface area contributed by atoms with Crippen molar-refractivity contribution >= 4 is 48.1 Å². The van der Waals surface area contributed by atoms with Gasteiger partial charge in [0.2, 0.25) is 0 Å². The van der Waals surface area contributed by atoms with Gasteiger partial charge < -0.3 is 0 Å². The number of hydrogen-bond donors (Lipinski definition) is 0. The molecule has 0 aromatic heterocycles. The Morgan fingerprint density at radius 2 is 0.826 bits per heavy atom. The Bertz CT molecular complexity index is 1690. The average Bonchev–Trinajstić information content (AvgIpc) is 3.65. The zero-order chi connectivity index (χ0) is 34.1. The molecule has 6 rings (SSSR count). The first kappa shape index (κ1) is 38.2. The molecule has 0 nitrogen and oxygen atoms in total. The minimum atomic E-state index is -0.826. The zero-order valence-electron chi connectivity index (χ0n) is 29.1. The molecule has 6 aromatic rings. The van der Waals surface area contributed by atoms with E-state index in [9.17, 15) is 0 Å². The second-order valence-corrected chi connectivity index (χ2v) is 18.5. The van der Waals surface area contributed by atoms with Crippen molar-refractivity contribution in [3.05, 3.63) is 131 Å². The third-order valence-corrected chi connectivity index (χ3v) is 8.10. The van der Waals surface area contributed by atoms with E-state index in [1.54, 1.807) is 0 Å². The third kappa shape index (κ3) is 9.90. The molecular formula is C42H48Cl2SiZr. The predicted octanol–water partition coefficient (Wildman–Crippen LogP) is 13.8. The summed E-state index contributed by atoms with van der Waals surface area (Å²) in [6.07, 6.45) is 0. The summed E-state index contributed by atoms with van der Waals surface area (Å²) in [5, 5.41) is 5.42. The van der Waals surface area contributed by atoms with Gasteiger partial charge in [-0.25, -0.2) is 0 Å². The van der Waals surface area contributed by atoms with E-state index in [4.69, 9.17) is 17.0 Å². The molecule has 0 aliphatic rings. The molecule has 0 N–H and O–H groups in total. The van der Waals surface area contributed by atoms with Crippen LogP contribution in [0.4, 0.5) is 0 Å². The molecule has 0 fully saturated rings. The van der Waals surface area contributed by atoms with Crippen molar-refractivity contribution in [1.82, 2.24) is 0 Å². The SMILES string of the molecule is C[Si]C.Cc1ccccc1-c1cccc2[cH-]c(C(C)(C)C)cc12.Cc1ccccc1-c1cccc2[cH-]c(C(C)(C)C)cc12.[Cl][Zr+2][Cl]. The van der Waals surface area contributed by atoms with E-state index in [2.05, 4.69) is 178 Å². The first-order chi connectivity index (χ1) is 21.8. The fourth-order valence-electron chi connectivity index (χ4n) is 5.56. The molecule has 6 aromatic carbocycles. The van der Waals surface area contributed by atoms with Crippen LogP contribution in [0.25, 0.3) is 43.8 Å². The molecule has 46 heavy (non-hydrogen) atoms. The van der Waals surface area contributed by atoms with E-state index in [0.717, 1.165) is 9.52 Å². The van der Waals surface area contributed by atoms with Gasteiger partial charge in [-0.15, -0.1) is 69.1 Å². The Balaban J connectivity index is 0.000000214. The monoisotopic (exact) mass is 740 g/mol. The molecule has 0 unspecified atom stereocenters. The Morgan fingerprint density at radius 1 is 0.522 bits per heavy atom. The first-order valence-electron chi connectivity index (χ1n) is 15.8. The van der Waals surface area contributed by atoms with Gasteiger partial charge in [0.25, 0.3) is 0 Å². The molecular weight excluding hydrogens is 695 g/mol. The fraction of sp³-hybridized carbons (Fsp3) is 0.286. The van der Waals surface area contributed by atoms with Gasteiger partial charge >= 0.3 is 37.9 Å². The molecule has 0 heterocycles. The predicted molar refractivity (Wildman–Crippen MR) is 206 cm³/mol. The summed E-state index contributed by atoms with van der Waals surface area (Å²) in [6.45, 7) is 22.3. The number of halogens is 2. The number of rotatable bonds is 2. The van der Waals surface area contributed by atoms with Crippen LogP contribution < -0.4 is 0 Å². The molecule has 4 heteroatoms. The molecule has 0 aliphatic carbocycles. The topological polar surface area (TPSA) is 0 Å². The van der Waals surface area contributed by atoms with E-state index >= 15 is 0 Å². The number of fused-ring (bicyclic) bond motifs is 2. The van der Waals surface area contributed by atoms with E-state index in [1.165, 1.54) is 66.1 Å². The normalized spacial score (nSPS) is 11.0. The van der Waals surface area contributed by atoms with Crippen molar-refractivity contribution in [2.24, 2.45) is 0 Å². The Kier molecular flexibility index (Phi) is 14.3.